The lowest BCUT2D eigenvalue weighted by atomic mass is 10.1. The molecule has 2 aliphatic heterocycles. The van der Waals surface area contributed by atoms with Crippen LogP contribution in [0.25, 0.3) is 0 Å². The van der Waals surface area contributed by atoms with Gasteiger partial charge in [0.05, 0.1) is 24.2 Å². The maximum atomic E-state index is 5.52. The maximum absolute atomic E-state index is 5.52. The van der Waals surface area contributed by atoms with E-state index in [1.165, 1.54) is 17.2 Å². The van der Waals surface area contributed by atoms with Crippen LogP contribution in [-0.2, 0) is 17.8 Å². The highest BCUT2D eigenvalue weighted by atomic mass is 32.2. The summed E-state index contributed by atoms with van der Waals surface area (Å²) in [6, 6.07) is 0. The van der Waals surface area contributed by atoms with E-state index in [1.807, 2.05) is 30.6 Å². The molecule has 0 bridgehead atoms. The summed E-state index contributed by atoms with van der Waals surface area (Å²) in [4.78, 5) is 9.57. The fourth-order valence-corrected chi connectivity index (χ4v) is 5.19. The van der Waals surface area contributed by atoms with Gasteiger partial charge in [-0.3, -0.25) is 0 Å². The van der Waals surface area contributed by atoms with Gasteiger partial charge in [-0.2, -0.15) is 11.8 Å². The molecular formula is C13H19N3OS2. The van der Waals surface area contributed by atoms with Crippen molar-refractivity contribution in [2.75, 3.05) is 30.5 Å². The van der Waals surface area contributed by atoms with Crippen LogP contribution in [0.3, 0.4) is 0 Å². The molecule has 0 spiro atoms. The monoisotopic (exact) mass is 297 g/mol. The Morgan fingerprint density at radius 3 is 2.89 bits per heavy atom. The number of nitrogens with zero attached hydrogens (tertiary/aromatic N) is 2. The van der Waals surface area contributed by atoms with Crippen molar-refractivity contribution in [3.05, 3.63) is 17.1 Å². The minimum Gasteiger partial charge on any atom is -0.376 e. The van der Waals surface area contributed by atoms with Gasteiger partial charge in [0.2, 0.25) is 0 Å². The zero-order valence-electron chi connectivity index (χ0n) is 11.3. The molecule has 1 N–H and O–H groups in total. The lowest BCUT2D eigenvalue weighted by Gasteiger charge is -2.28. The van der Waals surface area contributed by atoms with E-state index in [0.717, 1.165) is 30.2 Å². The van der Waals surface area contributed by atoms with Crippen molar-refractivity contribution in [3.63, 3.8) is 0 Å². The van der Waals surface area contributed by atoms with Gasteiger partial charge in [0, 0.05) is 35.8 Å². The largest absolute Gasteiger partial charge is 0.376 e. The topological polar surface area (TPSA) is 47.0 Å². The van der Waals surface area contributed by atoms with Gasteiger partial charge < -0.3 is 10.1 Å². The molecule has 19 heavy (non-hydrogen) atoms. The highest BCUT2D eigenvalue weighted by Gasteiger charge is 2.28. The van der Waals surface area contributed by atoms with E-state index in [2.05, 4.69) is 12.2 Å². The first-order valence-electron chi connectivity index (χ1n) is 6.68. The Morgan fingerprint density at radius 2 is 2.11 bits per heavy atom. The summed E-state index contributed by atoms with van der Waals surface area (Å²) < 4.78 is 5.52. The van der Waals surface area contributed by atoms with E-state index in [-0.39, 0.29) is 0 Å². The van der Waals surface area contributed by atoms with Crippen LogP contribution in [0.15, 0.2) is 0 Å². The van der Waals surface area contributed by atoms with Gasteiger partial charge in [0.1, 0.15) is 11.6 Å². The number of nitrogens with one attached hydrogen (secondary N) is 1. The molecule has 3 heterocycles. The number of fused-ring (bicyclic) bond motifs is 1. The van der Waals surface area contributed by atoms with Gasteiger partial charge in [-0.1, -0.05) is 6.92 Å². The average molecular weight is 297 g/mol. The Labute approximate surface area is 122 Å². The molecule has 0 amide bonds. The minimum absolute atomic E-state index is 0.416. The molecule has 1 aromatic heterocycles. The summed E-state index contributed by atoms with van der Waals surface area (Å²) in [7, 11) is 1.92. The Kier molecular flexibility index (Phi) is 4.19. The fraction of sp³-hybridized carbons (Fsp3) is 0.692. The van der Waals surface area contributed by atoms with Crippen LogP contribution >= 0.6 is 23.5 Å². The van der Waals surface area contributed by atoms with Gasteiger partial charge in [-0.05, 0) is 0 Å². The Bertz CT molecular complexity index is 452. The van der Waals surface area contributed by atoms with Crippen LogP contribution in [0, 0.1) is 0 Å². The fourth-order valence-electron chi connectivity index (χ4n) is 2.50. The Balaban J connectivity index is 1.97. The number of ether oxygens (including phenoxy) is 1. The van der Waals surface area contributed by atoms with Crippen LogP contribution in [-0.4, -0.2) is 40.4 Å². The lowest BCUT2D eigenvalue weighted by Crippen LogP contribution is -2.22. The van der Waals surface area contributed by atoms with Gasteiger partial charge in [0.15, 0.2) is 0 Å². The molecule has 1 saturated heterocycles. The van der Waals surface area contributed by atoms with Crippen molar-refractivity contribution in [1.29, 1.82) is 0 Å². The second kappa shape index (κ2) is 5.89. The zero-order chi connectivity index (χ0) is 13.2. The van der Waals surface area contributed by atoms with Crippen molar-refractivity contribution >= 4 is 29.3 Å². The number of aromatic nitrogens is 2. The first kappa shape index (κ1) is 13.5. The molecule has 2 atom stereocenters. The molecule has 3 rings (SSSR count). The SMILES string of the molecule is CNc1nc(C2SCCSC2C)nc2c1COCC2. The predicted molar refractivity (Wildman–Crippen MR) is 82.1 cm³/mol. The van der Waals surface area contributed by atoms with E-state index >= 15 is 0 Å². The summed E-state index contributed by atoms with van der Waals surface area (Å²) >= 11 is 4.02. The van der Waals surface area contributed by atoms with E-state index in [4.69, 9.17) is 14.7 Å². The second-order valence-electron chi connectivity index (χ2n) is 4.78. The molecular weight excluding hydrogens is 278 g/mol. The van der Waals surface area contributed by atoms with Crippen molar-refractivity contribution in [3.8, 4) is 0 Å². The number of hydrogen-bond donors (Lipinski definition) is 1. The molecule has 2 unspecified atom stereocenters. The normalized spacial score (nSPS) is 26.8. The van der Waals surface area contributed by atoms with Gasteiger partial charge >= 0.3 is 0 Å². The molecule has 0 radical (unpaired) electrons. The van der Waals surface area contributed by atoms with Crippen molar-refractivity contribution in [2.45, 2.75) is 30.5 Å². The minimum atomic E-state index is 0.416. The third kappa shape index (κ3) is 2.71. The molecule has 0 aromatic carbocycles. The third-order valence-corrected chi connectivity index (χ3v) is 6.61. The van der Waals surface area contributed by atoms with Crippen LogP contribution in [0.4, 0.5) is 5.82 Å². The van der Waals surface area contributed by atoms with Crippen molar-refractivity contribution in [1.82, 2.24) is 9.97 Å². The Morgan fingerprint density at radius 1 is 1.26 bits per heavy atom. The number of rotatable bonds is 2. The molecule has 6 heteroatoms. The van der Waals surface area contributed by atoms with Crippen LogP contribution in [0.2, 0.25) is 0 Å². The van der Waals surface area contributed by atoms with Gasteiger partial charge in [0.25, 0.3) is 0 Å². The molecule has 1 fully saturated rings. The van der Waals surface area contributed by atoms with Crippen LogP contribution in [0.1, 0.15) is 29.3 Å². The zero-order valence-corrected chi connectivity index (χ0v) is 12.9. The third-order valence-electron chi connectivity index (χ3n) is 3.52. The smallest absolute Gasteiger partial charge is 0.145 e. The average Bonchev–Trinajstić information content (AvgIpc) is 2.46. The maximum Gasteiger partial charge on any atom is 0.145 e. The van der Waals surface area contributed by atoms with Crippen LogP contribution in [0.5, 0.6) is 0 Å². The van der Waals surface area contributed by atoms with E-state index in [9.17, 15) is 0 Å². The molecule has 2 aliphatic rings. The summed E-state index contributed by atoms with van der Waals surface area (Å²) in [5.41, 5.74) is 2.31. The quantitative estimate of drug-likeness (QED) is 0.905. The van der Waals surface area contributed by atoms with E-state index in [0.29, 0.717) is 17.1 Å². The van der Waals surface area contributed by atoms with Gasteiger partial charge in [-0.25, -0.2) is 9.97 Å². The second-order valence-corrected chi connectivity index (χ2v) is 7.51. The molecule has 104 valence electrons. The first-order valence-corrected chi connectivity index (χ1v) is 8.77. The van der Waals surface area contributed by atoms with Crippen molar-refractivity contribution < 1.29 is 4.74 Å². The summed E-state index contributed by atoms with van der Waals surface area (Å²) in [6.07, 6.45) is 0.901. The predicted octanol–water partition coefficient (Wildman–Crippen LogP) is 2.50. The first-order chi connectivity index (χ1) is 9.29. The van der Waals surface area contributed by atoms with Crippen molar-refractivity contribution in [2.24, 2.45) is 0 Å². The van der Waals surface area contributed by atoms with Crippen LogP contribution < -0.4 is 5.32 Å². The highest BCUT2D eigenvalue weighted by molar-refractivity contribution is 8.06. The highest BCUT2D eigenvalue weighted by Crippen LogP contribution is 2.41. The number of hydrogen-bond acceptors (Lipinski definition) is 6. The molecule has 1 aromatic rings. The molecule has 0 aliphatic carbocycles. The molecule has 0 saturated carbocycles. The number of anilines is 1. The standard InChI is InChI=1S/C13H19N3OS2/c1-8-11(19-6-5-18-8)13-15-10-3-4-17-7-9(10)12(14-2)16-13/h8,11H,3-7H2,1-2H3,(H,14,15,16). The molecule has 4 nitrogen and oxygen atoms in total. The summed E-state index contributed by atoms with van der Waals surface area (Å²) in [5, 5.41) is 4.20. The summed E-state index contributed by atoms with van der Waals surface area (Å²) in [5.74, 6) is 4.37. The van der Waals surface area contributed by atoms with E-state index < -0.39 is 0 Å². The lowest BCUT2D eigenvalue weighted by molar-refractivity contribution is 0.109. The summed E-state index contributed by atoms with van der Waals surface area (Å²) in [6.45, 7) is 3.69. The Hall–Kier alpha value is -0.460. The number of thioether (sulfide) groups is 2. The van der Waals surface area contributed by atoms with Gasteiger partial charge in [-0.15, -0.1) is 11.8 Å². The van der Waals surface area contributed by atoms with E-state index in [1.54, 1.807) is 0 Å².